The predicted molar refractivity (Wildman–Crippen MR) is 139 cm³/mol. The molecule has 0 spiro atoms. The van der Waals surface area contributed by atoms with Gasteiger partial charge in [-0.2, -0.15) is 0 Å². The maximum Gasteiger partial charge on any atom is 0.337 e. The normalized spacial score (nSPS) is 12.1. The van der Waals surface area contributed by atoms with Crippen LogP contribution < -0.4 is 0 Å². The van der Waals surface area contributed by atoms with Gasteiger partial charge in [0.15, 0.2) is 11.4 Å². The van der Waals surface area contributed by atoms with Gasteiger partial charge < -0.3 is 23.7 Å². The van der Waals surface area contributed by atoms with Crippen LogP contribution in [-0.2, 0) is 33.3 Å². The van der Waals surface area contributed by atoms with Crippen LogP contribution in [0.1, 0.15) is 118 Å². The van der Waals surface area contributed by atoms with Crippen molar-refractivity contribution in [3.63, 3.8) is 0 Å². The summed E-state index contributed by atoms with van der Waals surface area (Å²) in [7, 11) is 1.62. The molecule has 0 saturated heterocycles. The van der Waals surface area contributed by atoms with Crippen molar-refractivity contribution in [2.24, 2.45) is 0 Å². The SMILES string of the molecule is COCCCOC(=O)C(C)(C)OCCCCCCCCOC(C)(C)C(=O)CCCCCCC(C)=O. The fourth-order valence-corrected chi connectivity index (χ4v) is 3.56. The molecule has 7 nitrogen and oxygen atoms in total. The van der Waals surface area contributed by atoms with E-state index < -0.39 is 11.2 Å². The molecule has 0 amide bonds. The van der Waals surface area contributed by atoms with Gasteiger partial charge in [0.05, 0.1) is 6.61 Å². The van der Waals surface area contributed by atoms with Gasteiger partial charge in [0.1, 0.15) is 11.4 Å². The third kappa shape index (κ3) is 18.6. The third-order valence-electron chi connectivity index (χ3n) is 6.04. The number of ether oxygens (including phenoxy) is 4. The molecule has 0 aromatic heterocycles. The highest BCUT2D eigenvalue weighted by Crippen LogP contribution is 2.18. The fraction of sp³-hybridized carbons (Fsp3) is 0.893. The van der Waals surface area contributed by atoms with Crippen LogP contribution in [0.3, 0.4) is 0 Å². The van der Waals surface area contributed by atoms with Crippen LogP contribution in [0.4, 0.5) is 0 Å². The molecule has 0 heterocycles. The molecule has 0 aliphatic rings. The van der Waals surface area contributed by atoms with Gasteiger partial charge in [0.25, 0.3) is 0 Å². The number of carbonyl (C=O) groups is 3. The maximum absolute atomic E-state index is 12.4. The van der Waals surface area contributed by atoms with Gasteiger partial charge in [-0.15, -0.1) is 0 Å². The molecule has 0 aromatic rings. The summed E-state index contributed by atoms with van der Waals surface area (Å²) in [6.45, 7) is 10.9. The van der Waals surface area contributed by atoms with Crippen molar-refractivity contribution in [2.45, 2.75) is 129 Å². The first-order valence-electron chi connectivity index (χ1n) is 13.5. The third-order valence-corrected chi connectivity index (χ3v) is 6.04. The molecule has 0 atom stereocenters. The zero-order valence-corrected chi connectivity index (χ0v) is 23.4. The largest absolute Gasteiger partial charge is 0.463 e. The van der Waals surface area contributed by atoms with Crippen LogP contribution in [0.2, 0.25) is 0 Å². The molecule has 0 aromatic carbocycles. The van der Waals surface area contributed by atoms with E-state index in [2.05, 4.69) is 0 Å². The first-order valence-corrected chi connectivity index (χ1v) is 13.5. The molecule has 0 N–H and O–H groups in total. The van der Waals surface area contributed by atoms with Gasteiger partial charge in [-0.05, 0) is 60.3 Å². The second kappa shape index (κ2) is 19.8. The molecule has 7 heteroatoms. The van der Waals surface area contributed by atoms with E-state index >= 15 is 0 Å². The van der Waals surface area contributed by atoms with Crippen molar-refractivity contribution < 1.29 is 33.3 Å². The molecule has 0 aliphatic carbocycles. The van der Waals surface area contributed by atoms with Crippen molar-refractivity contribution in [2.75, 3.05) is 33.5 Å². The topological polar surface area (TPSA) is 88.1 Å². The number of hydrogen-bond donors (Lipinski definition) is 0. The number of ketones is 2. The summed E-state index contributed by atoms with van der Waals surface area (Å²) < 4.78 is 21.8. The van der Waals surface area contributed by atoms with E-state index in [-0.39, 0.29) is 17.5 Å². The second-order valence-electron chi connectivity index (χ2n) is 10.4. The Hall–Kier alpha value is -1.31. The molecule has 0 rings (SSSR count). The lowest BCUT2D eigenvalue weighted by Gasteiger charge is -2.24. The molecule has 0 fully saturated rings. The molecule has 0 aliphatic heterocycles. The smallest absolute Gasteiger partial charge is 0.337 e. The van der Waals surface area contributed by atoms with Crippen molar-refractivity contribution in [1.82, 2.24) is 0 Å². The van der Waals surface area contributed by atoms with Crippen molar-refractivity contribution in [3.05, 3.63) is 0 Å². The Morgan fingerprint density at radius 3 is 1.60 bits per heavy atom. The van der Waals surface area contributed by atoms with Crippen molar-refractivity contribution in [3.8, 4) is 0 Å². The highest BCUT2D eigenvalue weighted by atomic mass is 16.6. The summed E-state index contributed by atoms with van der Waals surface area (Å²) >= 11 is 0. The Bertz CT molecular complexity index is 584. The first kappa shape index (κ1) is 33.7. The standard InChI is InChI=1S/C28H52O7/c1-24(29)18-13-9-10-14-19-25(30)27(2,3)34-22-15-11-7-8-12-16-23-35-28(4,5)26(31)33-21-17-20-32-6/h7-23H2,1-6H3. The summed E-state index contributed by atoms with van der Waals surface area (Å²) in [5.41, 5.74) is -1.65. The number of rotatable bonds is 24. The Balaban J connectivity index is 3.72. The predicted octanol–water partition coefficient (Wildman–Crippen LogP) is 6.00. The molecule has 206 valence electrons. The van der Waals surface area contributed by atoms with Crippen molar-refractivity contribution in [1.29, 1.82) is 0 Å². The lowest BCUT2D eigenvalue weighted by atomic mass is 9.97. The molecule has 35 heavy (non-hydrogen) atoms. The van der Waals surface area contributed by atoms with Crippen LogP contribution in [0.15, 0.2) is 0 Å². The summed E-state index contributed by atoms with van der Waals surface area (Å²) in [6, 6.07) is 0. The molecular weight excluding hydrogens is 448 g/mol. The summed E-state index contributed by atoms with van der Waals surface area (Å²) in [5.74, 6) is 0.0584. The zero-order valence-electron chi connectivity index (χ0n) is 23.4. The highest BCUT2D eigenvalue weighted by molar-refractivity contribution is 5.86. The number of hydrogen-bond acceptors (Lipinski definition) is 7. The van der Waals surface area contributed by atoms with E-state index in [1.807, 2.05) is 13.8 Å². The number of methoxy groups -OCH3 is 1. The lowest BCUT2D eigenvalue weighted by molar-refractivity contribution is -0.168. The van der Waals surface area contributed by atoms with Crippen LogP contribution in [0.5, 0.6) is 0 Å². The Kier molecular flexibility index (Phi) is 19.1. The maximum atomic E-state index is 12.4. The monoisotopic (exact) mass is 500 g/mol. The number of unbranched alkanes of at least 4 members (excludes halogenated alkanes) is 8. The fourth-order valence-electron chi connectivity index (χ4n) is 3.56. The second-order valence-corrected chi connectivity index (χ2v) is 10.4. The number of carbonyl (C=O) groups excluding carboxylic acids is 3. The average Bonchev–Trinajstić information content (AvgIpc) is 2.79. The summed E-state index contributed by atoms with van der Waals surface area (Å²) in [5, 5.41) is 0. The van der Waals surface area contributed by atoms with Gasteiger partial charge in [0.2, 0.25) is 0 Å². The first-order chi connectivity index (χ1) is 16.5. The van der Waals surface area contributed by atoms with Crippen LogP contribution in [-0.4, -0.2) is 62.3 Å². The average molecular weight is 501 g/mol. The van der Waals surface area contributed by atoms with Crippen LogP contribution in [0, 0.1) is 0 Å². The Morgan fingerprint density at radius 2 is 1.06 bits per heavy atom. The van der Waals surface area contributed by atoms with E-state index in [0.717, 1.165) is 64.2 Å². The minimum Gasteiger partial charge on any atom is -0.463 e. The van der Waals surface area contributed by atoms with E-state index in [9.17, 15) is 14.4 Å². The van der Waals surface area contributed by atoms with E-state index in [0.29, 0.717) is 45.7 Å². The molecule has 0 saturated carbocycles. The van der Waals surface area contributed by atoms with E-state index in [1.54, 1.807) is 27.9 Å². The lowest BCUT2D eigenvalue weighted by Crippen LogP contribution is -2.37. The van der Waals surface area contributed by atoms with Gasteiger partial charge in [-0.3, -0.25) is 4.79 Å². The number of esters is 1. The van der Waals surface area contributed by atoms with Gasteiger partial charge in [0, 0.05) is 46.2 Å². The molecular formula is C28H52O7. The summed E-state index contributed by atoms with van der Waals surface area (Å²) in [6.07, 6.45) is 11.8. The van der Waals surface area contributed by atoms with Crippen LogP contribution in [0.25, 0.3) is 0 Å². The van der Waals surface area contributed by atoms with Gasteiger partial charge in [-0.25, -0.2) is 4.79 Å². The van der Waals surface area contributed by atoms with E-state index in [1.165, 1.54) is 0 Å². The van der Waals surface area contributed by atoms with Gasteiger partial charge in [-0.1, -0.05) is 38.5 Å². The zero-order chi connectivity index (χ0) is 26.6. The van der Waals surface area contributed by atoms with Crippen molar-refractivity contribution >= 4 is 17.5 Å². The quantitative estimate of drug-likeness (QED) is 0.119. The molecule has 0 radical (unpaired) electrons. The number of Topliss-reactive ketones (excluding diaryl/α,β-unsaturated/α-hetero) is 2. The van der Waals surface area contributed by atoms with Crippen LogP contribution >= 0.6 is 0 Å². The molecule has 0 unspecified atom stereocenters. The minimum atomic E-state index is -0.926. The Labute approximate surface area is 214 Å². The van der Waals surface area contributed by atoms with Gasteiger partial charge >= 0.3 is 5.97 Å². The highest BCUT2D eigenvalue weighted by Gasteiger charge is 2.30. The minimum absolute atomic E-state index is 0.158. The van der Waals surface area contributed by atoms with E-state index in [4.69, 9.17) is 18.9 Å². The Morgan fingerprint density at radius 1 is 0.571 bits per heavy atom. The summed E-state index contributed by atoms with van der Waals surface area (Å²) in [4.78, 5) is 35.5. The molecule has 0 bridgehead atoms.